The van der Waals surface area contributed by atoms with Crippen LogP contribution in [0, 0.1) is 6.92 Å². The summed E-state index contributed by atoms with van der Waals surface area (Å²) >= 11 is 0. The number of amides is 1. The van der Waals surface area contributed by atoms with Crippen molar-refractivity contribution in [1.82, 2.24) is 5.32 Å². The maximum atomic E-state index is 12.0. The van der Waals surface area contributed by atoms with Crippen LogP contribution in [-0.4, -0.2) is 5.91 Å². The number of hydrogen-bond acceptors (Lipinski definition) is 1. The summed E-state index contributed by atoms with van der Waals surface area (Å²) in [7, 11) is 0. The molecule has 0 saturated heterocycles. The van der Waals surface area contributed by atoms with Crippen molar-refractivity contribution in [2.45, 2.75) is 26.3 Å². The number of nitrogens with one attached hydrogen (secondary N) is 1. The van der Waals surface area contributed by atoms with E-state index in [1.807, 2.05) is 37.3 Å². The molecule has 0 aliphatic heterocycles. The van der Waals surface area contributed by atoms with Crippen molar-refractivity contribution < 1.29 is 4.79 Å². The molecule has 2 rings (SSSR count). The van der Waals surface area contributed by atoms with Crippen LogP contribution in [-0.2, 0) is 11.2 Å². The smallest absolute Gasteiger partial charge is 0.224 e. The molecule has 0 heterocycles. The Hall–Kier alpha value is -2.09. The highest BCUT2D eigenvalue weighted by molar-refractivity contribution is 5.78. The van der Waals surface area contributed by atoms with Gasteiger partial charge in [-0.15, -0.1) is 0 Å². The molecule has 0 fully saturated rings. The van der Waals surface area contributed by atoms with E-state index in [1.165, 1.54) is 5.56 Å². The molecule has 2 nitrogen and oxygen atoms in total. The molecule has 19 heavy (non-hydrogen) atoms. The van der Waals surface area contributed by atoms with Gasteiger partial charge in [0.15, 0.2) is 0 Å². The first-order valence-corrected chi connectivity index (χ1v) is 6.55. The minimum atomic E-state index is 0.0387. The highest BCUT2D eigenvalue weighted by Gasteiger charge is 2.09. The predicted molar refractivity (Wildman–Crippen MR) is 77.9 cm³/mol. The van der Waals surface area contributed by atoms with Crippen LogP contribution in [0.3, 0.4) is 0 Å². The Bertz CT molecular complexity index is 531. The standard InChI is InChI=1S/C17H19NO/c1-13-8-10-16(11-9-13)14(2)18-17(19)12-15-6-4-3-5-7-15/h3-11,14H,12H2,1-2H3,(H,18,19)/t14-/m1/s1. The summed E-state index contributed by atoms with van der Waals surface area (Å²) in [6.45, 7) is 4.07. The minimum Gasteiger partial charge on any atom is -0.349 e. The summed E-state index contributed by atoms with van der Waals surface area (Å²) in [5.41, 5.74) is 3.40. The summed E-state index contributed by atoms with van der Waals surface area (Å²) in [6.07, 6.45) is 0.428. The summed E-state index contributed by atoms with van der Waals surface area (Å²) in [6, 6.07) is 18.1. The lowest BCUT2D eigenvalue weighted by Crippen LogP contribution is -2.28. The Morgan fingerprint density at radius 2 is 1.68 bits per heavy atom. The van der Waals surface area contributed by atoms with Gasteiger partial charge in [-0.1, -0.05) is 60.2 Å². The summed E-state index contributed by atoms with van der Waals surface area (Å²) < 4.78 is 0. The molecule has 2 aromatic carbocycles. The van der Waals surface area contributed by atoms with Crippen LogP contribution in [0.5, 0.6) is 0 Å². The van der Waals surface area contributed by atoms with E-state index in [0.29, 0.717) is 6.42 Å². The third kappa shape index (κ3) is 3.95. The lowest BCUT2D eigenvalue weighted by Gasteiger charge is -2.14. The van der Waals surface area contributed by atoms with Gasteiger partial charge in [0.1, 0.15) is 0 Å². The molecule has 1 N–H and O–H groups in total. The maximum Gasteiger partial charge on any atom is 0.224 e. The van der Waals surface area contributed by atoms with E-state index < -0.39 is 0 Å². The van der Waals surface area contributed by atoms with E-state index in [1.54, 1.807) is 0 Å². The number of carbonyl (C=O) groups excluding carboxylic acids is 1. The molecule has 0 spiro atoms. The van der Waals surface area contributed by atoms with Crippen molar-refractivity contribution in [3.05, 3.63) is 71.3 Å². The zero-order valence-electron chi connectivity index (χ0n) is 11.4. The first-order chi connectivity index (χ1) is 9.15. The van der Waals surface area contributed by atoms with Crippen LogP contribution in [0.1, 0.15) is 29.7 Å². The zero-order valence-corrected chi connectivity index (χ0v) is 11.4. The Balaban J connectivity index is 1.93. The third-order valence-electron chi connectivity index (χ3n) is 3.16. The fourth-order valence-corrected chi connectivity index (χ4v) is 2.01. The van der Waals surface area contributed by atoms with Crippen LogP contribution in [0.2, 0.25) is 0 Å². The van der Waals surface area contributed by atoms with Crippen molar-refractivity contribution >= 4 is 5.91 Å². The van der Waals surface area contributed by atoms with Gasteiger partial charge < -0.3 is 5.32 Å². The van der Waals surface area contributed by atoms with E-state index in [-0.39, 0.29) is 11.9 Å². The molecule has 0 bridgehead atoms. The first kappa shape index (κ1) is 13.3. The van der Waals surface area contributed by atoms with Gasteiger partial charge in [-0.25, -0.2) is 0 Å². The monoisotopic (exact) mass is 253 g/mol. The summed E-state index contributed by atoms with van der Waals surface area (Å²) in [4.78, 5) is 12.0. The average molecular weight is 253 g/mol. The van der Waals surface area contributed by atoms with Gasteiger partial charge in [0.2, 0.25) is 5.91 Å². The third-order valence-corrected chi connectivity index (χ3v) is 3.16. The molecule has 1 amide bonds. The van der Waals surface area contributed by atoms with Gasteiger partial charge >= 0.3 is 0 Å². The largest absolute Gasteiger partial charge is 0.349 e. The van der Waals surface area contributed by atoms with Crippen molar-refractivity contribution in [3.63, 3.8) is 0 Å². The van der Waals surface area contributed by atoms with Gasteiger partial charge in [0.05, 0.1) is 12.5 Å². The van der Waals surface area contributed by atoms with Crippen LogP contribution < -0.4 is 5.32 Å². The highest BCUT2D eigenvalue weighted by atomic mass is 16.1. The fourth-order valence-electron chi connectivity index (χ4n) is 2.01. The van der Waals surface area contributed by atoms with Gasteiger partial charge in [-0.3, -0.25) is 4.79 Å². The number of benzene rings is 2. The van der Waals surface area contributed by atoms with Crippen molar-refractivity contribution in [2.75, 3.05) is 0 Å². The number of aryl methyl sites for hydroxylation is 1. The molecule has 0 unspecified atom stereocenters. The van der Waals surface area contributed by atoms with E-state index in [4.69, 9.17) is 0 Å². The second kappa shape index (κ2) is 6.19. The number of hydrogen-bond donors (Lipinski definition) is 1. The van der Waals surface area contributed by atoms with E-state index in [0.717, 1.165) is 11.1 Å². The second-order valence-corrected chi connectivity index (χ2v) is 4.86. The van der Waals surface area contributed by atoms with Crippen LogP contribution in [0.4, 0.5) is 0 Å². The Kier molecular flexibility index (Phi) is 4.35. The molecule has 0 aromatic heterocycles. The normalized spacial score (nSPS) is 11.9. The Morgan fingerprint density at radius 1 is 1.05 bits per heavy atom. The SMILES string of the molecule is Cc1ccc([C@@H](C)NC(=O)Cc2ccccc2)cc1. The molecular formula is C17H19NO. The van der Waals surface area contributed by atoms with Crippen molar-refractivity contribution in [1.29, 1.82) is 0 Å². The highest BCUT2D eigenvalue weighted by Crippen LogP contribution is 2.13. The van der Waals surface area contributed by atoms with Crippen LogP contribution in [0.15, 0.2) is 54.6 Å². The Morgan fingerprint density at radius 3 is 2.32 bits per heavy atom. The minimum absolute atomic E-state index is 0.0387. The first-order valence-electron chi connectivity index (χ1n) is 6.55. The van der Waals surface area contributed by atoms with Crippen molar-refractivity contribution in [2.24, 2.45) is 0 Å². The molecule has 2 heteroatoms. The average Bonchev–Trinajstić information content (AvgIpc) is 2.40. The quantitative estimate of drug-likeness (QED) is 0.888. The molecule has 1 atom stereocenters. The number of carbonyl (C=O) groups is 1. The number of rotatable bonds is 4. The Labute approximate surface area is 114 Å². The summed E-state index contributed by atoms with van der Waals surface area (Å²) in [5, 5.41) is 3.03. The van der Waals surface area contributed by atoms with Gasteiger partial charge in [-0.2, -0.15) is 0 Å². The molecular weight excluding hydrogens is 234 g/mol. The second-order valence-electron chi connectivity index (χ2n) is 4.86. The van der Waals surface area contributed by atoms with Crippen molar-refractivity contribution in [3.8, 4) is 0 Å². The van der Waals surface area contributed by atoms with Crippen LogP contribution in [0.25, 0.3) is 0 Å². The van der Waals surface area contributed by atoms with E-state index >= 15 is 0 Å². The van der Waals surface area contributed by atoms with Gasteiger partial charge in [0.25, 0.3) is 0 Å². The zero-order chi connectivity index (χ0) is 13.7. The van der Waals surface area contributed by atoms with Gasteiger partial charge in [-0.05, 0) is 25.0 Å². The van der Waals surface area contributed by atoms with E-state index in [2.05, 4.69) is 36.5 Å². The lowest BCUT2D eigenvalue weighted by atomic mass is 10.1. The van der Waals surface area contributed by atoms with Crippen LogP contribution >= 0.6 is 0 Å². The van der Waals surface area contributed by atoms with E-state index in [9.17, 15) is 4.79 Å². The topological polar surface area (TPSA) is 29.1 Å². The molecule has 0 aliphatic rings. The molecule has 0 saturated carbocycles. The lowest BCUT2D eigenvalue weighted by molar-refractivity contribution is -0.121. The molecule has 0 aliphatic carbocycles. The molecule has 2 aromatic rings. The molecule has 0 radical (unpaired) electrons. The maximum absolute atomic E-state index is 12.0. The summed E-state index contributed by atoms with van der Waals surface area (Å²) in [5.74, 6) is 0.0549. The fraction of sp³-hybridized carbons (Fsp3) is 0.235. The predicted octanol–water partition coefficient (Wildman–Crippen LogP) is 3.41. The van der Waals surface area contributed by atoms with Gasteiger partial charge in [0, 0.05) is 0 Å². The molecule has 98 valence electrons.